The monoisotopic (exact) mass is 386 g/mol. The molecule has 0 radical (unpaired) electrons. The maximum atomic E-state index is 12.6. The minimum absolute atomic E-state index is 0.0575. The van der Waals surface area contributed by atoms with Gasteiger partial charge in [-0.3, -0.25) is 4.79 Å². The normalized spacial score (nSPS) is 17.9. The quantitative estimate of drug-likeness (QED) is 0.863. The van der Waals surface area contributed by atoms with Crippen LogP contribution in [0.4, 0.5) is 5.69 Å². The van der Waals surface area contributed by atoms with Gasteiger partial charge >= 0.3 is 0 Å². The molecule has 1 fully saturated rings. The first-order valence-corrected chi connectivity index (χ1v) is 9.73. The lowest BCUT2D eigenvalue weighted by molar-refractivity contribution is -0.119. The molecule has 0 bridgehead atoms. The van der Waals surface area contributed by atoms with Gasteiger partial charge in [0, 0.05) is 23.0 Å². The number of benzene rings is 1. The van der Waals surface area contributed by atoms with Crippen LogP contribution in [0.2, 0.25) is 0 Å². The predicted octanol–water partition coefficient (Wildman–Crippen LogP) is 2.43. The standard InChI is InChI=1S/C15H19BrN2O3S/c1-9(2)17-22(20,21)13-8-12(16)7-11-5-6-18(14(11)13)15(19)10-3-4-10/h7-10,17H,3-6H2,1-2H3. The number of amides is 1. The summed E-state index contributed by atoms with van der Waals surface area (Å²) >= 11 is 3.38. The minimum atomic E-state index is -3.65. The summed E-state index contributed by atoms with van der Waals surface area (Å²) in [6, 6.07) is 3.29. The Morgan fingerprint density at radius 3 is 2.64 bits per heavy atom. The third-order valence-electron chi connectivity index (χ3n) is 3.87. The number of rotatable bonds is 4. The van der Waals surface area contributed by atoms with Crippen molar-refractivity contribution < 1.29 is 13.2 Å². The first-order chi connectivity index (χ1) is 10.3. The maximum Gasteiger partial charge on any atom is 0.242 e. The predicted molar refractivity (Wildman–Crippen MR) is 88.4 cm³/mol. The second-order valence-corrected chi connectivity index (χ2v) is 8.80. The smallest absolute Gasteiger partial charge is 0.242 e. The Morgan fingerprint density at radius 2 is 2.05 bits per heavy atom. The number of anilines is 1. The Bertz CT molecular complexity index is 727. The van der Waals surface area contributed by atoms with E-state index in [-0.39, 0.29) is 22.8 Å². The Balaban J connectivity index is 2.09. The van der Waals surface area contributed by atoms with Crippen LogP contribution in [-0.4, -0.2) is 26.9 Å². The molecular weight excluding hydrogens is 368 g/mol. The van der Waals surface area contributed by atoms with E-state index < -0.39 is 10.0 Å². The van der Waals surface area contributed by atoms with Crippen molar-refractivity contribution >= 4 is 37.5 Å². The summed E-state index contributed by atoms with van der Waals surface area (Å²) < 4.78 is 28.6. The molecule has 0 atom stereocenters. The van der Waals surface area contributed by atoms with E-state index in [1.54, 1.807) is 24.8 Å². The van der Waals surface area contributed by atoms with E-state index >= 15 is 0 Å². The molecule has 0 saturated heterocycles. The van der Waals surface area contributed by atoms with Crippen molar-refractivity contribution in [2.45, 2.75) is 44.0 Å². The molecular formula is C15H19BrN2O3S. The number of fused-ring (bicyclic) bond motifs is 1. The number of carbonyl (C=O) groups excluding carboxylic acids is 1. The van der Waals surface area contributed by atoms with Gasteiger partial charge in [-0.15, -0.1) is 0 Å². The van der Waals surface area contributed by atoms with E-state index in [2.05, 4.69) is 20.7 Å². The van der Waals surface area contributed by atoms with Gasteiger partial charge in [-0.05, 0) is 50.8 Å². The van der Waals surface area contributed by atoms with E-state index in [9.17, 15) is 13.2 Å². The fourth-order valence-electron chi connectivity index (χ4n) is 2.82. The Morgan fingerprint density at radius 1 is 1.36 bits per heavy atom. The van der Waals surface area contributed by atoms with Gasteiger partial charge in [0.05, 0.1) is 5.69 Å². The van der Waals surface area contributed by atoms with E-state index in [0.717, 1.165) is 22.9 Å². The van der Waals surface area contributed by atoms with Gasteiger partial charge in [0.25, 0.3) is 0 Å². The van der Waals surface area contributed by atoms with Gasteiger partial charge in [0.15, 0.2) is 0 Å². The number of sulfonamides is 1. The van der Waals surface area contributed by atoms with Crippen molar-refractivity contribution in [2.75, 3.05) is 11.4 Å². The summed E-state index contributed by atoms with van der Waals surface area (Å²) in [6.07, 6.45) is 2.51. The molecule has 0 unspecified atom stereocenters. The van der Waals surface area contributed by atoms with Gasteiger partial charge in [-0.1, -0.05) is 15.9 Å². The average Bonchev–Trinajstić information content (AvgIpc) is 3.16. The zero-order chi connectivity index (χ0) is 16.1. The zero-order valence-corrected chi connectivity index (χ0v) is 15.0. The molecule has 0 spiro atoms. The highest BCUT2D eigenvalue weighted by atomic mass is 79.9. The number of nitrogens with one attached hydrogen (secondary N) is 1. The molecule has 1 aromatic rings. The maximum absolute atomic E-state index is 12.6. The van der Waals surface area contributed by atoms with Crippen LogP contribution in [0.3, 0.4) is 0 Å². The molecule has 3 rings (SSSR count). The molecule has 7 heteroatoms. The summed E-state index contributed by atoms with van der Waals surface area (Å²) in [7, 11) is -3.65. The molecule has 1 aliphatic carbocycles. The molecule has 2 aliphatic rings. The highest BCUT2D eigenvalue weighted by Gasteiger charge is 2.39. The lowest BCUT2D eigenvalue weighted by Crippen LogP contribution is -2.34. The fourth-order valence-corrected chi connectivity index (χ4v) is 5.00. The van der Waals surface area contributed by atoms with Gasteiger partial charge in [0.2, 0.25) is 15.9 Å². The van der Waals surface area contributed by atoms with Crippen LogP contribution in [0.1, 0.15) is 32.3 Å². The number of hydrogen-bond acceptors (Lipinski definition) is 3. The summed E-state index contributed by atoms with van der Waals surface area (Å²) in [5, 5.41) is 0. The Labute approximate surface area is 139 Å². The summed E-state index contributed by atoms with van der Waals surface area (Å²) in [6.45, 7) is 4.12. The Kier molecular flexibility index (Phi) is 4.07. The topological polar surface area (TPSA) is 66.5 Å². The molecule has 1 heterocycles. The van der Waals surface area contributed by atoms with Crippen LogP contribution in [0, 0.1) is 5.92 Å². The fraction of sp³-hybridized carbons (Fsp3) is 0.533. The van der Waals surface area contributed by atoms with Gasteiger partial charge < -0.3 is 4.90 Å². The van der Waals surface area contributed by atoms with E-state index in [4.69, 9.17) is 0 Å². The van der Waals surface area contributed by atoms with Crippen LogP contribution in [-0.2, 0) is 21.2 Å². The highest BCUT2D eigenvalue weighted by molar-refractivity contribution is 9.10. The number of carbonyl (C=O) groups is 1. The molecule has 5 nitrogen and oxygen atoms in total. The Hall–Kier alpha value is -0.920. The molecule has 1 saturated carbocycles. The summed E-state index contributed by atoms with van der Waals surface area (Å²) in [5.74, 6) is 0.130. The molecule has 1 amide bonds. The van der Waals surface area contributed by atoms with Crippen LogP contribution in [0.25, 0.3) is 0 Å². The first kappa shape index (κ1) is 16.0. The highest BCUT2D eigenvalue weighted by Crippen LogP contribution is 2.41. The average molecular weight is 387 g/mol. The molecule has 1 N–H and O–H groups in total. The van der Waals surface area contributed by atoms with Crippen molar-refractivity contribution in [3.8, 4) is 0 Å². The van der Waals surface area contributed by atoms with Crippen molar-refractivity contribution in [2.24, 2.45) is 5.92 Å². The number of halogens is 1. The van der Waals surface area contributed by atoms with E-state index in [1.165, 1.54) is 0 Å². The SMILES string of the molecule is CC(C)NS(=O)(=O)c1cc(Br)cc2c1N(C(=O)C1CC1)CC2. The first-order valence-electron chi connectivity index (χ1n) is 7.45. The zero-order valence-electron chi connectivity index (χ0n) is 12.6. The van der Waals surface area contributed by atoms with Crippen molar-refractivity contribution in [3.05, 3.63) is 22.2 Å². The third-order valence-corrected chi connectivity index (χ3v) is 6.00. The summed E-state index contributed by atoms with van der Waals surface area (Å²) in [5.41, 5.74) is 1.47. The van der Waals surface area contributed by atoms with Crippen LogP contribution >= 0.6 is 15.9 Å². The van der Waals surface area contributed by atoms with Crippen molar-refractivity contribution in [3.63, 3.8) is 0 Å². The minimum Gasteiger partial charge on any atom is -0.310 e. The summed E-state index contributed by atoms with van der Waals surface area (Å²) in [4.78, 5) is 14.3. The molecule has 120 valence electrons. The number of nitrogens with zero attached hydrogens (tertiary/aromatic N) is 1. The third kappa shape index (κ3) is 2.94. The van der Waals surface area contributed by atoms with E-state index in [0.29, 0.717) is 18.7 Å². The van der Waals surface area contributed by atoms with Crippen LogP contribution in [0.5, 0.6) is 0 Å². The van der Waals surface area contributed by atoms with Gasteiger partial charge in [0.1, 0.15) is 4.90 Å². The molecule has 1 aromatic carbocycles. The molecule has 22 heavy (non-hydrogen) atoms. The lowest BCUT2D eigenvalue weighted by atomic mass is 10.2. The molecule has 1 aliphatic heterocycles. The van der Waals surface area contributed by atoms with Crippen molar-refractivity contribution in [1.29, 1.82) is 0 Å². The second kappa shape index (κ2) is 5.62. The lowest BCUT2D eigenvalue weighted by Gasteiger charge is -2.21. The van der Waals surface area contributed by atoms with Gasteiger partial charge in [-0.2, -0.15) is 0 Å². The second-order valence-electron chi connectivity index (χ2n) is 6.20. The molecule has 0 aromatic heterocycles. The number of hydrogen-bond donors (Lipinski definition) is 1. The van der Waals surface area contributed by atoms with Gasteiger partial charge in [-0.25, -0.2) is 13.1 Å². The van der Waals surface area contributed by atoms with E-state index in [1.807, 2.05) is 6.07 Å². The largest absolute Gasteiger partial charge is 0.310 e. The van der Waals surface area contributed by atoms with Crippen LogP contribution in [0.15, 0.2) is 21.5 Å². The van der Waals surface area contributed by atoms with Crippen LogP contribution < -0.4 is 9.62 Å². The van der Waals surface area contributed by atoms with Crippen molar-refractivity contribution in [1.82, 2.24) is 4.72 Å².